The van der Waals surface area contributed by atoms with Gasteiger partial charge in [-0.3, -0.25) is 0 Å². The van der Waals surface area contributed by atoms with Crippen LogP contribution in [-0.4, -0.2) is 6.61 Å². The Morgan fingerprint density at radius 3 is 2.38 bits per heavy atom. The first kappa shape index (κ1) is 15.6. The van der Waals surface area contributed by atoms with Crippen molar-refractivity contribution in [2.24, 2.45) is 0 Å². The summed E-state index contributed by atoms with van der Waals surface area (Å²) < 4.78 is 28.5. The van der Waals surface area contributed by atoms with E-state index in [1.807, 2.05) is 32.0 Å². The molecule has 0 saturated heterocycles. The van der Waals surface area contributed by atoms with Crippen molar-refractivity contribution in [1.29, 1.82) is 0 Å². The second-order valence-corrected chi connectivity index (χ2v) is 5.13. The Labute approximate surface area is 127 Å². The zero-order chi connectivity index (χ0) is 15.4. The number of halogens is 3. The van der Waals surface area contributed by atoms with Crippen LogP contribution >= 0.6 is 11.6 Å². The minimum atomic E-state index is -2.81. The Kier molecular flexibility index (Phi) is 5.02. The highest BCUT2D eigenvalue weighted by Gasteiger charge is 2.09. The third kappa shape index (κ3) is 4.08. The van der Waals surface area contributed by atoms with E-state index >= 15 is 0 Å². The monoisotopic (exact) mass is 311 g/mol. The largest absolute Gasteiger partial charge is 0.435 e. The summed E-state index contributed by atoms with van der Waals surface area (Å²) in [7, 11) is 0. The molecule has 2 rings (SSSR count). The number of benzene rings is 2. The zero-order valence-corrected chi connectivity index (χ0v) is 12.5. The van der Waals surface area contributed by atoms with Crippen molar-refractivity contribution in [3.05, 3.63) is 58.6 Å². The summed E-state index contributed by atoms with van der Waals surface area (Å²) in [6.45, 7) is 1.13. The minimum absolute atomic E-state index is 0.0165. The summed E-state index contributed by atoms with van der Waals surface area (Å²) in [5.41, 5.74) is 2.89. The smallest absolute Gasteiger partial charge is 0.387 e. The number of nitrogens with one attached hydrogen (secondary N) is 1. The number of alkyl halides is 2. The van der Waals surface area contributed by atoms with Crippen LogP contribution in [0.4, 0.5) is 14.5 Å². The van der Waals surface area contributed by atoms with Crippen LogP contribution in [-0.2, 0) is 0 Å². The highest BCUT2D eigenvalue weighted by Crippen LogP contribution is 2.27. The standard InChI is InChI=1S/C16H16ClF2NO/c1-10-14(17)4-3-5-15(10)20-11(2)12-6-8-13(9-7-12)21-16(18)19/h3-9,11,16,20H,1-2H3. The normalized spacial score (nSPS) is 12.3. The molecular weight excluding hydrogens is 296 g/mol. The lowest BCUT2D eigenvalue weighted by molar-refractivity contribution is -0.0498. The quantitative estimate of drug-likeness (QED) is 0.795. The average Bonchev–Trinajstić information content (AvgIpc) is 2.44. The van der Waals surface area contributed by atoms with Gasteiger partial charge in [-0.2, -0.15) is 8.78 Å². The Morgan fingerprint density at radius 2 is 1.76 bits per heavy atom. The summed E-state index contributed by atoms with van der Waals surface area (Å²) in [5.74, 6) is 0.153. The Bertz CT molecular complexity index is 602. The van der Waals surface area contributed by atoms with Crippen molar-refractivity contribution in [1.82, 2.24) is 0 Å². The van der Waals surface area contributed by atoms with E-state index in [2.05, 4.69) is 10.1 Å². The van der Waals surface area contributed by atoms with Crippen LogP contribution in [0.25, 0.3) is 0 Å². The number of anilines is 1. The average molecular weight is 312 g/mol. The van der Waals surface area contributed by atoms with Gasteiger partial charge in [-0.1, -0.05) is 29.8 Å². The number of hydrogen-bond donors (Lipinski definition) is 1. The van der Waals surface area contributed by atoms with Gasteiger partial charge in [-0.25, -0.2) is 0 Å². The molecule has 112 valence electrons. The van der Waals surface area contributed by atoms with E-state index in [0.29, 0.717) is 5.02 Å². The molecule has 0 aliphatic heterocycles. The number of rotatable bonds is 5. The summed E-state index contributed by atoms with van der Waals surface area (Å²) in [5, 5.41) is 4.06. The van der Waals surface area contributed by atoms with Gasteiger partial charge >= 0.3 is 6.61 Å². The van der Waals surface area contributed by atoms with E-state index in [0.717, 1.165) is 16.8 Å². The van der Waals surface area contributed by atoms with Crippen molar-refractivity contribution in [2.75, 3.05) is 5.32 Å². The molecule has 2 aromatic rings. The lowest BCUT2D eigenvalue weighted by Crippen LogP contribution is -2.08. The summed E-state index contributed by atoms with van der Waals surface area (Å²) in [6.07, 6.45) is 0. The topological polar surface area (TPSA) is 21.3 Å². The predicted octanol–water partition coefficient (Wildman–Crippen LogP) is 5.42. The molecule has 0 fully saturated rings. The maximum absolute atomic E-state index is 12.1. The molecule has 0 aliphatic carbocycles. The third-order valence-corrected chi connectivity index (χ3v) is 3.65. The molecule has 0 radical (unpaired) electrons. The van der Waals surface area contributed by atoms with Gasteiger partial charge in [0, 0.05) is 16.8 Å². The van der Waals surface area contributed by atoms with Crippen molar-refractivity contribution in [2.45, 2.75) is 26.5 Å². The van der Waals surface area contributed by atoms with Crippen molar-refractivity contribution in [3.63, 3.8) is 0 Å². The fourth-order valence-corrected chi connectivity index (χ4v) is 2.19. The van der Waals surface area contributed by atoms with Gasteiger partial charge in [0.2, 0.25) is 0 Å². The van der Waals surface area contributed by atoms with Crippen LogP contribution in [0.2, 0.25) is 5.02 Å². The SMILES string of the molecule is Cc1c(Cl)cccc1NC(C)c1ccc(OC(F)F)cc1. The van der Waals surface area contributed by atoms with Gasteiger partial charge in [-0.05, 0) is 49.2 Å². The minimum Gasteiger partial charge on any atom is -0.435 e. The van der Waals surface area contributed by atoms with Gasteiger partial charge in [0.05, 0.1) is 0 Å². The summed E-state index contributed by atoms with van der Waals surface area (Å²) in [6, 6.07) is 12.3. The fraction of sp³-hybridized carbons (Fsp3) is 0.250. The highest BCUT2D eigenvalue weighted by molar-refractivity contribution is 6.31. The highest BCUT2D eigenvalue weighted by atomic mass is 35.5. The molecule has 21 heavy (non-hydrogen) atoms. The zero-order valence-electron chi connectivity index (χ0n) is 11.7. The number of hydrogen-bond acceptors (Lipinski definition) is 2. The van der Waals surface area contributed by atoms with E-state index in [-0.39, 0.29) is 11.8 Å². The lowest BCUT2D eigenvalue weighted by Gasteiger charge is -2.18. The predicted molar refractivity (Wildman–Crippen MR) is 81.3 cm³/mol. The molecule has 1 N–H and O–H groups in total. The van der Waals surface area contributed by atoms with E-state index in [9.17, 15) is 8.78 Å². The second-order valence-electron chi connectivity index (χ2n) is 4.73. The van der Waals surface area contributed by atoms with Crippen LogP contribution in [0.5, 0.6) is 5.75 Å². The van der Waals surface area contributed by atoms with E-state index in [4.69, 9.17) is 11.6 Å². The van der Waals surface area contributed by atoms with E-state index < -0.39 is 6.61 Å². The summed E-state index contributed by atoms with van der Waals surface area (Å²) in [4.78, 5) is 0. The van der Waals surface area contributed by atoms with Crippen LogP contribution in [0.1, 0.15) is 24.1 Å². The first-order chi connectivity index (χ1) is 9.97. The molecule has 2 aromatic carbocycles. The van der Waals surface area contributed by atoms with Gasteiger partial charge in [0.15, 0.2) is 0 Å². The molecule has 0 spiro atoms. The Morgan fingerprint density at radius 1 is 1.10 bits per heavy atom. The van der Waals surface area contributed by atoms with Gasteiger partial charge in [-0.15, -0.1) is 0 Å². The molecule has 0 heterocycles. The van der Waals surface area contributed by atoms with Crippen LogP contribution in [0.3, 0.4) is 0 Å². The van der Waals surface area contributed by atoms with E-state index in [1.165, 1.54) is 12.1 Å². The van der Waals surface area contributed by atoms with Gasteiger partial charge in [0.25, 0.3) is 0 Å². The van der Waals surface area contributed by atoms with Crippen molar-refractivity contribution in [3.8, 4) is 5.75 Å². The second kappa shape index (κ2) is 6.76. The molecule has 2 nitrogen and oxygen atoms in total. The van der Waals surface area contributed by atoms with E-state index in [1.54, 1.807) is 12.1 Å². The maximum Gasteiger partial charge on any atom is 0.387 e. The van der Waals surface area contributed by atoms with Crippen molar-refractivity contribution < 1.29 is 13.5 Å². The van der Waals surface area contributed by atoms with Crippen LogP contribution in [0.15, 0.2) is 42.5 Å². The van der Waals surface area contributed by atoms with Crippen LogP contribution < -0.4 is 10.1 Å². The molecular formula is C16H16ClF2NO. The Balaban J connectivity index is 2.09. The van der Waals surface area contributed by atoms with Gasteiger partial charge in [0.1, 0.15) is 5.75 Å². The first-order valence-corrected chi connectivity index (χ1v) is 6.91. The maximum atomic E-state index is 12.1. The molecule has 1 unspecified atom stereocenters. The molecule has 5 heteroatoms. The molecule has 0 bridgehead atoms. The first-order valence-electron chi connectivity index (χ1n) is 6.54. The fourth-order valence-electron chi connectivity index (χ4n) is 2.02. The Hall–Kier alpha value is -1.81. The molecule has 1 atom stereocenters. The molecule has 0 aromatic heterocycles. The molecule has 0 saturated carbocycles. The van der Waals surface area contributed by atoms with Gasteiger partial charge < -0.3 is 10.1 Å². The third-order valence-electron chi connectivity index (χ3n) is 3.24. The number of ether oxygens (including phenoxy) is 1. The lowest BCUT2D eigenvalue weighted by atomic mass is 10.1. The van der Waals surface area contributed by atoms with Crippen LogP contribution in [0, 0.1) is 6.92 Å². The molecule has 0 amide bonds. The molecule has 0 aliphatic rings. The van der Waals surface area contributed by atoms with Crippen molar-refractivity contribution >= 4 is 17.3 Å². The summed E-state index contributed by atoms with van der Waals surface area (Å²) >= 11 is 6.08.